The summed E-state index contributed by atoms with van der Waals surface area (Å²) in [6.07, 6.45) is 3.67. The summed E-state index contributed by atoms with van der Waals surface area (Å²) in [4.78, 5) is 0. The Hall–Kier alpha value is -0.820. The minimum atomic E-state index is -3.35. The number of nitrogen functional groups attached to an aromatic ring is 1. The van der Waals surface area contributed by atoms with Crippen molar-refractivity contribution in [1.82, 2.24) is 9.03 Å². The lowest BCUT2D eigenvalue weighted by Crippen LogP contribution is -2.48. The van der Waals surface area contributed by atoms with Gasteiger partial charge in [-0.05, 0) is 43.9 Å². The molecule has 0 saturated carbocycles. The first-order chi connectivity index (χ1) is 9.49. The summed E-state index contributed by atoms with van der Waals surface area (Å²) in [5.41, 5.74) is 7.42. The molecule has 0 aliphatic carbocycles. The predicted molar refractivity (Wildman–Crippen MR) is 88.7 cm³/mol. The topological polar surface area (TPSA) is 75.4 Å². The average Bonchev–Trinajstić information content (AvgIpc) is 2.41. The van der Waals surface area contributed by atoms with E-state index in [9.17, 15) is 8.42 Å². The molecule has 0 spiro atoms. The number of hydrogen-bond donors (Lipinski definition) is 2. The molecule has 1 aliphatic rings. The standard InChI is InChI=1S/C14H23N3O2S.ClH/c1-12-4-2-3-11-17(12)20(18,19)16-10-9-13-5-7-14(15)8-6-13;/h5-8,12,16H,2-4,9-11,15H2,1H3;1H. The number of piperidine rings is 1. The maximum Gasteiger partial charge on any atom is 0.279 e. The van der Waals surface area contributed by atoms with Gasteiger partial charge < -0.3 is 5.73 Å². The highest BCUT2D eigenvalue weighted by Crippen LogP contribution is 2.19. The highest BCUT2D eigenvalue weighted by Gasteiger charge is 2.28. The number of hydrogen-bond acceptors (Lipinski definition) is 3. The minimum Gasteiger partial charge on any atom is -0.399 e. The molecule has 7 heteroatoms. The Bertz CT molecular complexity index is 534. The van der Waals surface area contributed by atoms with Crippen molar-refractivity contribution in [3.63, 3.8) is 0 Å². The third-order valence-corrected chi connectivity index (χ3v) is 5.46. The molecule has 0 amide bonds. The lowest BCUT2D eigenvalue weighted by atomic mass is 10.1. The third-order valence-electron chi connectivity index (χ3n) is 3.73. The normalized spacial score (nSPS) is 20.0. The van der Waals surface area contributed by atoms with E-state index in [1.165, 1.54) is 0 Å². The summed E-state index contributed by atoms with van der Waals surface area (Å²) in [5.74, 6) is 0. The number of anilines is 1. The minimum absolute atomic E-state index is 0. The highest BCUT2D eigenvalue weighted by atomic mass is 35.5. The highest BCUT2D eigenvalue weighted by molar-refractivity contribution is 7.87. The number of nitrogens with zero attached hydrogens (tertiary/aromatic N) is 1. The molecule has 5 nitrogen and oxygen atoms in total. The van der Waals surface area contributed by atoms with Crippen molar-refractivity contribution in [2.75, 3.05) is 18.8 Å². The zero-order valence-corrected chi connectivity index (χ0v) is 13.9. The van der Waals surface area contributed by atoms with Crippen LogP contribution in [0.3, 0.4) is 0 Å². The van der Waals surface area contributed by atoms with Gasteiger partial charge >= 0.3 is 0 Å². The Balaban J connectivity index is 0.00000220. The van der Waals surface area contributed by atoms with Gasteiger partial charge in [0.05, 0.1) is 0 Å². The second-order valence-corrected chi connectivity index (χ2v) is 7.05. The van der Waals surface area contributed by atoms with Gasteiger partial charge in [-0.15, -0.1) is 12.4 Å². The third kappa shape index (κ3) is 5.14. The van der Waals surface area contributed by atoms with Crippen LogP contribution in [-0.2, 0) is 16.6 Å². The number of benzene rings is 1. The fourth-order valence-electron chi connectivity index (χ4n) is 2.52. The molecule has 1 fully saturated rings. The second-order valence-electron chi connectivity index (χ2n) is 5.35. The van der Waals surface area contributed by atoms with E-state index in [4.69, 9.17) is 5.73 Å². The van der Waals surface area contributed by atoms with Crippen molar-refractivity contribution in [3.05, 3.63) is 29.8 Å². The van der Waals surface area contributed by atoms with Crippen LogP contribution >= 0.6 is 12.4 Å². The SMILES string of the molecule is CC1CCCCN1S(=O)(=O)NCCc1ccc(N)cc1.Cl. The van der Waals surface area contributed by atoms with Crippen LogP contribution in [0.15, 0.2) is 24.3 Å². The van der Waals surface area contributed by atoms with Crippen molar-refractivity contribution in [2.24, 2.45) is 0 Å². The summed E-state index contributed by atoms with van der Waals surface area (Å²) in [6, 6.07) is 7.60. The van der Waals surface area contributed by atoms with E-state index >= 15 is 0 Å². The van der Waals surface area contributed by atoms with E-state index < -0.39 is 10.2 Å². The maximum atomic E-state index is 12.2. The fourth-order valence-corrected chi connectivity index (χ4v) is 3.99. The molecular formula is C14H24ClN3O2S. The molecule has 3 N–H and O–H groups in total. The first-order valence-corrected chi connectivity index (χ1v) is 8.54. The summed E-state index contributed by atoms with van der Waals surface area (Å²) >= 11 is 0. The van der Waals surface area contributed by atoms with Gasteiger partial charge in [-0.3, -0.25) is 0 Å². The average molecular weight is 334 g/mol. The maximum absolute atomic E-state index is 12.2. The first-order valence-electron chi connectivity index (χ1n) is 7.10. The summed E-state index contributed by atoms with van der Waals surface area (Å²) < 4.78 is 28.7. The zero-order chi connectivity index (χ0) is 14.6. The number of nitrogens with two attached hydrogens (primary N) is 1. The molecule has 1 saturated heterocycles. The van der Waals surface area contributed by atoms with Crippen LogP contribution in [0.2, 0.25) is 0 Å². The van der Waals surface area contributed by atoms with E-state index in [1.54, 1.807) is 4.31 Å². The molecule has 21 heavy (non-hydrogen) atoms. The largest absolute Gasteiger partial charge is 0.399 e. The van der Waals surface area contributed by atoms with Crippen LogP contribution in [-0.4, -0.2) is 31.9 Å². The van der Waals surface area contributed by atoms with Gasteiger partial charge in [0.1, 0.15) is 0 Å². The molecule has 2 rings (SSSR count). The van der Waals surface area contributed by atoms with Crippen LogP contribution in [0.1, 0.15) is 31.7 Å². The van der Waals surface area contributed by atoms with Gasteiger partial charge in [0.15, 0.2) is 0 Å². The van der Waals surface area contributed by atoms with Gasteiger partial charge in [-0.1, -0.05) is 18.6 Å². The van der Waals surface area contributed by atoms with Crippen molar-refractivity contribution >= 4 is 28.3 Å². The van der Waals surface area contributed by atoms with Crippen LogP contribution < -0.4 is 10.5 Å². The van der Waals surface area contributed by atoms with Crippen molar-refractivity contribution in [1.29, 1.82) is 0 Å². The number of halogens is 1. The summed E-state index contributed by atoms with van der Waals surface area (Å²) in [6.45, 7) is 3.01. The number of nitrogens with one attached hydrogen (secondary N) is 1. The van der Waals surface area contributed by atoms with E-state index in [2.05, 4.69) is 4.72 Å². The van der Waals surface area contributed by atoms with Crippen LogP contribution in [0.25, 0.3) is 0 Å². The van der Waals surface area contributed by atoms with Gasteiger partial charge in [-0.2, -0.15) is 12.7 Å². The van der Waals surface area contributed by atoms with Crippen molar-refractivity contribution in [3.8, 4) is 0 Å². The Morgan fingerprint density at radius 1 is 1.29 bits per heavy atom. The quantitative estimate of drug-likeness (QED) is 0.809. The van der Waals surface area contributed by atoms with Crippen molar-refractivity contribution < 1.29 is 8.42 Å². The Morgan fingerprint density at radius 2 is 1.95 bits per heavy atom. The van der Waals surface area contributed by atoms with E-state index in [0.29, 0.717) is 19.5 Å². The second kappa shape index (κ2) is 7.98. The summed E-state index contributed by atoms with van der Waals surface area (Å²) in [7, 11) is -3.35. The van der Waals surface area contributed by atoms with Crippen LogP contribution in [0.4, 0.5) is 5.69 Å². The van der Waals surface area contributed by atoms with E-state index in [-0.39, 0.29) is 18.4 Å². The summed E-state index contributed by atoms with van der Waals surface area (Å²) in [5, 5.41) is 0. The molecular weight excluding hydrogens is 310 g/mol. The van der Waals surface area contributed by atoms with Gasteiger partial charge in [0.25, 0.3) is 10.2 Å². The van der Waals surface area contributed by atoms with E-state index in [1.807, 2.05) is 31.2 Å². The first kappa shape index (κ1) is 18.2. The Labute approximate surface area is 133 Å². The lowest BCUT2D eigenvalue weighted by molar-refractivity contribution is 0.265. The molecule has 0 radical (unpaired) electrons. The smallest absolute Gasteiger partial charge is 0.279 e. The monoisotopic (exact) mass is 333 g/mol. The van der Waals surface area contributed by atoms with Gasteiger partial charge in [0, 0.05) is 24.8 Å². The molecule has 1 atom stereocenters. The predicted octanol–water partition coefficient (Wildman–Crippen LogP) is 1.94. The Morgan fingerprint density at radius 3 is 2.57 bits per heavy atom. The van der Waals surface area contributed by atoms with E-state index in [0.717, 1.165) is 30.5 Å². The lowest BCUT2D eigenvalue weighted by Gasteiger charge is -2.32. The van der Waals surface area contributed by atoms with Crippen molar-refractivity contribution in [2.45, 2.75) is 38.6 Å². The molecule has 1 heterocycles. The fraction of sp³-hybridized carbons (Fsp3) is 0.571. The molecule has 1 aliphatic heterocycles. The molecule has 0 bridgehead atoms. The Kier molecular flexibility index (Phi) is 6.93. The van der Waals surface area contributed by atoms with Gasteiger partial charge in [-0.25, -0.2) is 4.72 Å². The molecule has 1 unspecified atom stereocenters. The van der Waals surface area contributed by atoms with Crippen LogP contribution in [0.5, 0.6) is 0 Å². The molecule has 0 aromatic heterocycles. The zero-order valence-electron chi connectivity index (χ0n) is 12.3. The number of rotatable bonds is 5. The molecule has 120 valence electrons. The molecule has 1 aromatic carbocycles. The van der Waals surface area contributed by atoms with Crippen LogP contribution in [0, 0.1) is 0 Å². The van der Waals surface area contributed by atoms with Gasteiger partial charge in [0.2, 0.25) is 0 Å². The molecule has 1 aromatic rings.